The Morgan fingerprint density at radius 2 is 1.92 bits per heavy atom. The molecule has 0 aromatic heterocycles. The maximum atomic E-state index is 12.9. The number of hydrogen-bond donors (Lipinski definition) is 1. The number of carbonyl (C=O) groups excluding carboxylic acids is 2. The maximum absolute atomic E-state index is 12.9. The lowest BCUT2D eigenvalue weighted by Crippen LogP contribution is -2.55. The number of anilines is 1. The smallest absolute Gasteiger partial charge is 0.368 e. The van der Waals surface area contributed by atoms with Gasteiger partial charge in [-0.1, -0.05) is 6.07 Å². The summed E-state index contributed by atoms with van der Waals surface area (Å²) < 4.78 is 38.6. The molecule has 26 heavy (non-hydrogen) atoms. The molecule has 5 nitrogen and oxygen atoms in total. The molecule has 2 heterocycles. The second kappa shape index (κ2) is 7.77. The number of nitrogens with one attached hydrogen (secondary N) is 1. The fraction of sp³-hybridized carbons (Fsp3) is 0.529. The van der Waals surface area contributed by atoms with Crippen LogP contribution in [0, 0.1) is 0 Å². The monoisotopic (exact) mass is 387 g/mol. The number of halogens is 3. The topological polar surface area (TPSA) is 52.7 Å². The Morgan fingerprint density at radius 3 is 2.62 bits per heavy atom. The molecular weight excluding hydrogens is 367 g/mol. The minimum absolute atomic E-state index is 0.114. The van der Waals surface area contributed by atoms with Gasteiger partial charge in [0.25, 0.3) is 0 Å². The molecule has 142 valence electrons. The van der Waals surface area contributed by atoms with Crippen molar-refractivity contribution >= 4 is 29.3 Å². The molecule has 1 unspecified atom stereocenters. The van der Waals surface area contributed by atoms with Gasteiger partial charge in [-0.2, -0.15) is 24.9 Å². The van der Waals surface area contributed by atoms with Gasteiger partial charge < -0.3 is 15.1 Å². The standard InChI is InChI=1S/C17H20F3N3O2S/c18-17(19,20)12-2-1-3-13(10-12)22-5-7-23(8-6-22)16(25)14-11-26-9-4-15(24)21-14/h1-3,10,14H,4-9,11H2,(H,21,24). The summed E-state index contributed by atoms with van der Waals surface area (Å²) in [6.07, 6.45) is -3.96. The summed E-state index contributed by atoms with van der Waals surface area (Å²) in [5.41, 5.74) is -0.169. The molecule has 2 aliphatic rings. The second-order valence-electron chi connectivity index (χ2n) is 6.31. The first-order chi connectivity index (χ1) is 12.3. The van der Waals surface area contributed by atoms with E-state index in [0.717, 1.165) is 12.1 Å². The molecule has 0 saturated carbocycles. The molecule has 1 aromatic carbocycles. The lowest BCUT2D eigenvalue weighted by Gasteiger charge is -2.37. The lowest BCUT2D eigenvalue weighted by atomic mass is 10.1. The first-order valence-electron chi connectivity index (χ1n) is 8.43. The Morgan fingerprint density at radius 1 is 1.19 bits per heavy atom. The summed E-state index contributed by atoms with van der Waals surface area (Å²) in [6.45, 7) is 1.76. The summed E-state index contributed by atoms with van der Waals surface area (Å²) >= 11 is 1.57. The Bertz CT molecular complexity index is 675. The van der Waals surface area contributed by atoms with Crippen LogP contribution < -0.4 is 10.2 Å². The predicted octanol–water partition coefficient (Wildman–Crippen LogP) is 1.98. The third kappa shape index (κ3) is 4.44. The fourth-order valence-electron chi connectivity index (χ4n) is 3.09. The van der Waals surface area contributed by atoms with Crippen LogP contribution in [0.5, 0.6) is 0 Å². The maximum Gasteiger partial charge on any atom is 0.416 e. The van der Waals surface area contributed by atoms with E-state index in [0.29, 0.717) is 49.8 Å². The number of carbonyl (C=O) groups is 2. The van der Waals surface area contributed by atoms with Crippen molar-refractivity contribution in [2.45, 2.75) is 18.6 Å². The minimum Gasteiger partial charge on any atom is -0.368 e. The molecule has 0 spiro atoms. The van der Waals surface area contributed by atoms with Crippen LogP contribution in [0.3, 0.4) is 0 Å². The number of thioether (sulfide) groups is 1. The van der Waals surface area contributed by atoms with E-state index in [1.54, 1.807) is 22.7 Å². The predicted molar refractivity (Wildman–Crippen MR) is 94.1 cm³/mol. The lowest BCUT2D eigenvalue weighted by molar-refractivity contribution is -0.137. The summed E-state index contributed by atoms with van der Waals surface area (Å²) in [5.74, 6) is 1.03. The second-order valence-corrected chi connectivity index (χ2v) is 7.46. The van der Waals surface area contributed by atoms with Gasteiger partial charge in [0.1, 0.15) is 6.04 Å². The summed E-state index contributed by atoms with van der Waals surface area (Å²) in [4.78, 5) is 27.8. The molecule has 2 fully saturated rings. The van der Waals surface area contributed by atoms with E-state index < -0.39 is 17.8 Å². The molecule has 1 N–H and O–H groups in total. The molecular formula is C17H20F3N3O2S. The Balaban J connectivity index is 1.60. The van der Waals surface area contributed by atoms with Crippen LogP contribution in [-0.4, -0.2) is 60.4 Å². The number of piperazine rings is 1. The molecule has 2 aliphatic heterocycles. The number of amides is 2. The van der Waals surface area contributed by atoms with Crippen molar-refractivity contribution in [2.75, 3.05) is 42.6 Å². The highest BCUT2D eigenvalue weighted by Gasteiger charge is 2.32. The van der Waals surface area contributed by atoms with Gasteiger partial charge in [-0.3, -0.25) is 9.59 Å². The van der Waals surface area contributed by atoms with Crippen molar-refractivity contribution in [1.82, 2.24) is 10.2 Å². The van der Waals surface area contributed by atoms with Crippen molar-refractivity contribution in [3.63, 3.8) is 0 Å². The largest absolute Gasteiger partial charge is 0.416 e. The van der Waals surface area contributed by atoms with Crippen molar-refractivity contribution in [2.24, 2.45) is 0 Å². The average Bonchev–Trinajstić information content (AvgIpc) is 2.85. The van der Waals surface area contributed by atoms with E-state index in [4.69, 9.17) is 0 Å². The van der Waals surface area contributed by atoms with Gasteiger partial charge in [-0.05, 0) is 18.2 Å². The zero-order valence-electron chi connectivity index (χ0n) is 14.1. The third-order valence-electron chi connectivity index (χ3n) is 4.52. The van der Waals surface area contributed by atoms with Gasteiger partial charge in [0.2, 0.25) is 11.8 Å². The van der Waals surface area contributed by atoms with Crippen molar-refractivity contribution in [1.29, 1.82) is 0 Å². The number of hydrogen-bond acceptors (Lipinski definition) is 4. The van der Waals surface area contributed by atoms with Crippen LogP contribution in [0.4, 0.5) is 18.9 Å². The summed E-state index contributed by atoms with van der Waals surface area (Å²) in [6, 6.07) is 4.72. The number of rotatable bonds is 2. The zero-order chi connectivity index (χ0) is 18.7. The first kappa shape index (κ1) is 18.9. The number of nitrogens with zero attached hydrogens (tertiary/aromatic N) is 2. The van der Waals surface area contributed by atoms with Crippen LogP contribution in [0.25, 0.3) is 0 Å². The molecule has 0 bridgehead atoms. The highest BCUT2D eigenvalue weighted by molar-refractivity contribution is 7.99. The van der Waals surface area contributed by atoms with E-state index in [1.807, 2.05) is 4.90 Å². The SMILES string of the molecule is O=C1CCSCC(C(=O)N2CCN(c3cccc(C(F)(F)F)c3)CC2)N1. The van der Waals surface area contributed by atoms with Crippen LogP contribution in [0.15, 0.2) is 24.3 Å². The molecule has 2 saturated heterocycles. The third-order valence-corrected chi connectivity index (χ3v) is 5.58. The van der Waals surface area contributed by atoms with Crippen molar-refractivity contribution in [3.05, 3.63) is 29.8 Å². The van der Waals surface area contributed by atoms with Gasteiger partial charge in [0, 0.05) is 49.8 Å². The average molecular weight is 387 g/mol. The number of alkyl halides is 3. The fourth-order valence-corrected chi connectivity index (χ4v) is 4.05. The van der Waals surface area contributed by atoms with Gasteiger partial charge in [-0.25, -0.2) is 0 Å². The van der Waals surface area contributed by atoms with E-state index in [-0.39, 0.29) is 11.8 Å². The van der Waals surface area contributed by atoms with Crippen LogP contribution in [0.2, 0.25) is 0 Å². The van der Waals surface area contributed by atoms with Crippen LogP contribution >= 0.6 is 11.8 Å². The normalized spacial score (nSPS) is 22.0. The first-order valence-corrected chi connectivity index (χ1v) is 9.58. The van der Waals surface area contributed by atoms with Gasteiger partial charge in [0.15, 0.2) is 0 Å². The van der Waals surface area contributed by atoms with Crippen molar-refractivity contribution < 1.29 is 22.8 Å². The molecule has 0 aliphatic carbocycles. The van der Waals surface area contributed by atoms with Gasteiger partial charge in [0.05, 0.1) is 5.56 Å². The Hall–Kier alpha value is -1.90. The van der Waals surface area contributed by atoms with E-state index in [9.17, 15) is 22.8 Å². The summed E-state index contributed by atoms with van der Waals surface area (Å²) in [5, 5.41) is 2.75. The van der Waals surface area contributed by atoms with Crippen LogP contribution in [0.1, 0.15) is 12.0 Å². The van der Waals surface area contributed by atoms with E-state index >= 15 is 0 Å². The van der Waals surface area contributed by atoms with Gasteiger partial charge >= 0.3 is 6.18 Å². The van der Waals surface area contributed by atoms with E-state index in [1.165, 1.54) is 6.07 Å². The minimum atomic E-state index is -4.37. The molecule has 0 radical (unpaired) electrons. The highest BCUT2D eigenvalue weighted by Crippen LogP contribution is 2.31. The number of benzene rings is 1. The zero-order valence-corrected chi connectivity index (χ0v) is 14.9. The Kier molecular flexibility index (Phi) is 5.64. The highest BCUT2D eigenvalue weighted by atomic mass is 32.2. The van der Waals surface area contributed by atoms with Gasteiger partial charge in [-0.15, -0.1) is 0 Å². The summed E-state index contributed by atoms with van der Waals surface area (Å²) in [7, 11) is 0. The molecule has 1 aromatic rings. The molecule has 9 heteroatoms. The molecule has 1 atom stereocenters. The molecule has 2 amide bonds. The van der Waals surface area contributed by atoms with E-state index in [2.05, 4.69) is 5.32 Å². The quantitative estimate of drug-likeness (QED) is 0.843. The van der Waals surface area contributed by atoms with Crippen molar-refractivity contribution in [3.8, 4) is 0 Å². The molecule has 3 rings (SSSR count). The van der Waals surface area contributed by atoms with Crippen LogP contribution in [-0.2, 0) is 15.8 Å². The Labute approximate surface area is 153 Å².